The Labute approximate surface area is 128 Å². The highest BCUT2D eigenvalue weighted by molar-refractivity contribution is 5.99. The number of carbonyl (C=O) groups excluding carboxylic acids is 2. The molecule has 0 aromatic heterocycles. The van der Waals surface area contributed by atoms with Crippen molar-refractivity contribution in [3.8, 4) is 5.75 Å². The minimum Gasteiger partial charge on any atom is -0.497 e. The quantitative estimate of drug-likeness (QED) is 0.792. The second-order valence-electron chi connectivity index (χ2n) is 4.68. The molecule has 1 heterocycles. The van der Waals surface area contributed by atoms with Crippen LogP contribution in [0, 0.1) is 5.92 Å². The fraction of sp³-hybridized carbons (Fsp3) is 0.312. The van der Waals surface area contributed by atoms with Gasteiger partial charge in [0.15, 0.2) is 0 Å². The third-order valence-electron chi connectivity index (χ3n) is 3.50. The summed E-state index contributed by atoms with van der Waals surface area (Å²) in [6, 6.07) is 7.17. The number of ether oxygens (including phenoxy) is 3. The third kappa shape index (κ3) is 3.00. The number of aliphatic imine (C=N–C) groups is 1. The van der Waals surface area contributed by atoms with Crippen LogP contribution >= 0.6 is 0 Å². The molecule has 0 N–H and O–H groups in total. The molecule has 6 nitrogen and oxygen atoms in total. The molecular formula is C16H17NO5. The van der Waals surface area contributed by atoms with Gasteiger partial charge in [-0.2, -0.15) is 0 Å². The Morgan fingerprint density at radius 3 is 2.55 bits per heavy atom. The third-order valence-corrected chi connectivity index (χ3v) is 3.50. The van der Waals surface area contributed by atoms with E-state index >= 15 is 0 Å². The number of esters is 2. The van der Waals surface area contributed by atoms with Crippen molar-refractivity contribution < 1.29 is 23.8 Å². The number of hydrogen-bond donors (Lipinski definition) is 0. The van der Waals surface area contributed by atoms with Crippen LogP contribution in [0.15, 0.2) is 41.0 Å². The number of hydrogen-bond acceptors (Lipinski definition) is 6. The Morgan fingerprint density at radius 2 is 1.91 bits per heavy atom. The van der Waals surface area contributed by atoms with Crippen LogP contribution in [0.3, 0.4) is 0 Å². The van der Waals surface area contributed by atoms with Gasteiger partial charge in [0.25, 0.3) is 0 Å². The fourth-order valence-corrected chi connectivity index (χ4v) is 2.43. The van der Waals surface area contributed by atoms with Crippen LogP contribution < -0.4 is 4.74 Å². The van der Waals surface area contributed by atoms with Crippen molar-refractivity contribution in [3.05, 3.63) is 41.6 Å². The minimum absolute atomic E-state index is 0.300. The van der Waals surface area contributed by atoms with Gasteiger partial charge in [0.1, 0.15) is 11.7 Å². The van der Waals surface area contributed by atoms with E-state index < -0.39 is 23.8 Å². The molecule has 1 aliphatic rings. The highest BCUT2D eigenvalue weighted by atomic mass is 16.5. The van der Waals surface area contributed by atoms with Gasteiger partial charge in [-0.1, -0.05) is 12.1 Å². The van der Waals surface area contributed by atoms with Crippen LogP contribution in [-0.2, 0) is 19.1 Å². The molecule has 0 amide bonds. The number of carbonyl (C=O) groups is 2. The largest absolute Gasteiger partial charge is 0.497 e. The second-order valence-corrected chi connectivity index (χ2v) is 4.68. The molecule has 6 heteroatoms. The highest BCUT2D eigenvalue weighted by Gasteiger charge is 2.37. The van der Waals surface area contributed by atoms with E-state index in [1.807, 2.05) is 6.07 Å². The lowest BCUT2D eigenvalue weighted by atomic mass is 9.80. The van der Waals surface area contributed by atoms with Crippen LogP contribution in [0.1, 0.15) is 11.5 Å². The lowest BCUT2D eigenvalue weighted by molar-refractivity contribution is -0.143. The second kappa shape index (κ2) is 6.89. The molecule has 1 aromatic rings. The normalized spacial score (nSPS) is 20.0. The molecule has 0 saturated heterocycles. The highest BCUT2D eigenvalue weighted by Crippen LogP contribution is 2.36. The Bertz CT molecular complexity index is 635. The molecule has 116 valence electrons. The van der Waals surface area contributed by atoms with E-state index in [1.54, 1.807) is 25.3 Å². The molecule has 0 aliphatic carbocycles. The zero-order valence-corrected chi connectivity index (χ0v) is 12.6. The van der Waals surface area contributed by atoms with Crippen molar-refractivity contribution in [3.63, 3.8) is 0 Å². The molecule has 0 saturated carbocycles. The Morgan fingerprint density at radius 1 is 1.14 bits per heavy atom. The number of methoxy groups -OCH3 is 3. The lowest BCUT2D eigenvalue weighted by Gasteiger charge is -2.26. The van der Waals surface area contributed by atoms with Crippen LogP contribution in [-0.4, -0.2) is 39.5 Å². The van der Waals surface area contributed by atoms with E-state index in [4.69, 9.17) is 14.2 Å². The van der Waals surface area contributed by atoms with E-state index in [2.05, 4.69) is 4.99 Å². The summed E-state index contributed by atoms with van der Waals surface area (Å²) in [6.45, 7) is 0. The number of benzene rings is 1. The maximum Gasteiger partial charge on any atom is 0.335 e. The van der Waals surface area contributed by atoms with E-state index in [9.17, 15) is 9.59 Å². The summed E-state index contributed by atoms with van der Waals surface area (Å²) >= 11 is 0. The Hall–Kier alpha value is -2.63. The molecule has 22 heavy (non-hydrogen) atoms. The molecule has 1 unspecified atom stereocenters. The predicted molar refractivity (Wildman–Crippen MR) is 79.8 cm³/mol. The maximum atomic E-state index is 12.0. The first-order chi connectivity index (χ1) is 10.6. The maximum absolute atomic E-state index is 12.0. The summed E-state index contributed by atoms with van der Waals surface area (Å²) < 4.78 is 14.8. The zero-order valence-electron chi connectivity index (χ0n) is 12.6. The number of rotatable bonds is 4. The van der Waals surface area contributed by atoms with Crippen molar-refractivity contribution >= 4 is 18.2 Å². The van der Waals surface area contributed by atoms with Gasteiger partial charge >= 0.3 is 11.9 Å². The summed E-state index contributed by atoms with van der Waals surface area (Å²) in [5.74, 6) is -1.60. The predicted octanol–water partition coefficient (Wildman–Crippen LogP) is 1.71. The van der Waals surface area contributed by atoms with E-state index in [1.165, 1.54) is 26.6 Å². The fourth-order valence-electron chi connectivity index (χ4n) is 2.43. The summed E-state index contributed by atoms with van der Waals surface area (Å²) in [4.78, 5) is 28.0. The van der Waals surface area contributed by atoms with E-state index in [0.717, 1.165) is 5.56 Å². The summed E-state index contributed by atoms with van der Waals surface area (Å²) in [6.07, 6.45) is 2.89. The van der Waals surface area contributed by atoms with Crippen molar-refractivity contribution in [1.29, 1.82) is 0 Å². The summed E-state index contributed by atoms with van der Waals surface area (Å²) in [5, 5.41) is 0. The first kappa shape index (κ1) is 15.8. The molecule has 0 spiro atoms. The van der Waals surface area contributed by atoms with E-state index in [-0.39, 0.29) is 0 Å². The average Bonchev–Trinajstić information content (AvgIpc) is 2.59. The SMILES string of the molecule is COC(=O)C1=CN=CC(C(=O)OC)[C@@H]1c1cccc(OC)c1. The topological polar surface area (TPSA) is 74.2 Å². The smallest absolute Gasteiger partial charge is 0.335 e. The first-order valence-corrected chi connectivity index (χ1v) is 6.65. The minimum atomic E-state index is -0.698. The van der Waals surface area contributed by atoms with Crippen molar-refractivity contribution in [2.45, 2.75) is 5.92 Å². The van der Waals surface area contributed by atoms with Gasteiger partial charge < -0.3 is 14.2 Å². The Balaban J connectivity index is 2.50. The molecule has 0 bridgehead atoms. The molecule has 1 aliphatic heterocycles. The van der Waals surface area contributed by atoms with Gasteiger partial charge in [-0.3, -0.25) is 9.79 Å². The van der Waals surface area contributed by atoms with Gasteiger partial charge in [-0.15, -0.1) is 0 Å². The van der Waals surface area contributed by atoms with Crippen molar-refractivity contribution in [2.24, 2.45) is 10.9 Å². The van der Waals surface area contributed by atoms with Crippen LogP contribution in [0.25, 0.3) is 0 Å². The molecular weight excluding hydrogens is 286 g/mol. The van der Waals surface area contributed by atoms with Gasteiger partial charge in [-0.05, 0) is 17.7 Å². The standard InChI is InChI=1S/C16H17NO5/c1-20-11-6-4-5-10(7-11)14-12(15(18)21-2)8-17-9-13(14)16(19)22-3/h4-9,12,14H,1-3H3/t12?,14-/m0/s1. The average molecular weight is 303 g/mol. The molecule has 1 aromatic carbocycles. The van der Waals surface area contributed by atoms with Crippen molar-refractivity contribution in [2.75, 3.05) is 21.3 Å². The monoisotopic (exact) mass is 303 g/mol. The first-order valence-electron chi connectivity index (χ1n) is 6.65. The molecule has 0 radical (unpaired) electrons. The summed E-state index contributed by atoms with van der Waals surface area (Å²) in [5.41, 5.74) is 1.05. The lowest BCUT2D eigenvalue weighted by Crippen LogP contribution is -2.31. The van der Waals surface area contributed by atoms with Crippen LogP contribution in [0.2, 0.25) is 0 Å². The van der Waals surface area contributed by atoms with Crippen LogP contribution in [0.4, 0.5) is 0 Å². The zero-order chi connectivity index (χ0) is 16.1. The van der Waals surface area contributed by atoms with Gasteiger partial charge in [0.2, 0.25) is 0 Å². The van der Waals surface area contributed by atoms with E-state index in [0.29, 0.717) is 11.3 Å². The molecule has 2 rings (SSSR count). The Kier molecular flexibility index (Phi) is 4.93. The van der Waals surface area contributed by atoms with Crippen molar-refractivity contribution in [1.82, 2.24) is 0 Å². The van der Waals surface area contributed by atoms with Gasteiger partial charge in [0, 0.05) is 18.3 Å². The number of nitrogens with zero attached hydrogens (tertiary/aromatic N) is 1. The van der Waals surface area contributed by atoms with Gasteiger partial charge in [-0.25, -0.2) is 4.79 Å². The van der Waals surface area contributed by atoms with Crippen LogP contribution in [0.5, 0.6) is 5.75 Å². The molecule has 2 atom stereocenters. The van der Waals surface area contributed by atoms with Gasteiger partial charge in [0.05, 0.1) is 26.9 Å². The summed E-state index contributed by atoms with van der Waals surface area (Å²) in [7, 11) is 4.14. The molecule has 0 fully saturated rings.